The van der Waals surface area contributed by atoms with Gasteiger partial charge in [-0.2, -0.15) is 9.90 Å². The van der Waals surface area contributed by atoms with Crippen LogP contribution in [0.15, 0.2) is 0 Å². The summed E-state index contributed by atoms with van der Waals surface area (Å²) in [6.07, 6.45) is 0.278. The molecule has 1 radical (unpaired) electrons. The third-order valence-corrected chi connectivity index (χ3v) is 0.718. The molecule has 0 saturated heterocycles. The molecule has 3 heteroatoms. The van der Waals surface area contributed by atoms with Gasteiger partial charge in [-0.3, -0.25) is 0 Å². The van der Waals surface area contributed by atoms with Crippen LogP contribution in [0.4, 0.5) is 4.79 Å². The Morgan fingerprint density at radius 2 is 2.25 bits per heavy atom. The maximum Gasteiger partial charge on any atom is 0.549 e. The molecular weight excluding hydrogens is 108 g/mol. The van der Waals surface area contributed by atoms with Gasteiger partial charge in [-0.15, -0.1) is 0 Å². The Balaban J connectivity index is 2.82. The van der Waals surface area contributed by atoms with E-state index in [1.54, 1.807) is 0 Å². The van der Waals surface area contributed by atoms with Crippen molar-refractivity contribution in [1.29, 1.82) is 0 Å². The zero-order valence-electron chi connectivity index (χ0n) is 4.85. The van der Waals surface area contributed by atoms with Gasteiger partial charge in [-0.25, -0.2) is 0 Å². The van der Waals surface area contributed by atoms with Crippen molar-refractivity contribution in [2.75, 3.05) is 6.61 Å². The van der Waals surface area contributed by atoms with Gasteiger partial charge in [0.15, 0.2) is 0 Å². The summed E-state index contributed by atoms with van der Waals surface area (Å²) in [5, 5.41) is 9.54. The highest BCUT2D eigenvalue weighted by atomic mass is 16.7. The third kappa shape index (κ3) is 5.27. The van der Waals surface area contributed by atoms with Gasteiger partial charge in [-0.1, -0.05) is 13.3 Å². The van der Waals surface area contributed by atoms with E-state index in [9.17, 15) is 9.90 Å². The Kier molecular flexibility index (Phi) is 4.03. The lowest BCUT2D eigenvalue weighted by Crippen LogP contribution is -1.99. The van der Waals surface area contributed by atoms with E-state index < -0.39 is 6.16 Å². The van der Waals surface area contributed by atoms with Crippen LogP contribution >= 0.6 is 0 Å². The van der Waals surface area contributed by atoms with Crippen molar-refractivity contribution >= 4 is 6.16 Å². The van der Waals surface area contributed by atoms with Crippen molar-refractivity contribution < 1.29 is 14.6 Å². The number of rotatable bonds is 3. The molecule has 0 aliphatic heterocycles. The second-order valence-corrected chi connectivity index (χ2v) is 1.45. The normalized spacial score (nSPS) is 8.62. The van der Waals surface area contributed by atoms with Crippen LogP contribution in [0.5, 0.6) is 0 Å². The van der Waals surface area contributed by atoms with Crippen LogP contribution in [-0.2, 0) is 9.84 Å². The Hall–Kier alpha value is -0.730. The summed E-state index contributed by atoms with van der Waals surface area (Å²) in [4.78, 5) is 9.54. The van der Waals surface area contributed by atoms with Gasteiger partial charge in [-0.05, 0) is 6.42 Å². The van der Waals surface area contributed by atoms with Gasteiger partial charge in [0, 0.05) is 0 Å². The molecule has 0 aromatic rings. The minimum atomic E-state index is -1.43. The van der Waals surface area contributed by atoms with Gasteiger partial charge in [0.05, 0.1) is 6.61 Å². The lowest BCUT2D eigenvalue weighted by molar-refractivity contribution is 0.0668. The highest BCUT2D eigenvalue weighted by molar-refractivity contribution is 5.56. The predicted octanol–water partition coefficient (Wildman–Crippen LogP) is 1.35. The van der Waals surface area contributed by atoms with E-state index >= 15 is 0 Å². The predicted molar refractivity (Wildman–Crippen MR) is 26.9 cm³/mol. The fourth-order valence-electron chi connectivity index (χ4n) is 0.300. The number of hydrogen-bond donors (Lipinski definition) is 0. The van der Waals surface area contributed by atoms with Gasteiger partial charge >= 0.3 is 6.16 Å². The first kappa shape index (κ1) is 7.27. The zero-order valence-corrected chi connectivity index (χ0v) is 4.85. The molecule has 0 aliphatic rings. The molecule has 0 aliphatic carbocycles. The van der Waals surface area contributed by atoms with Crippen LogP contribution in [0.3, 0.4) is 0 Å². The van der Waals surface area contributed by atoms with E-state index in [0.29, 0.717) is 0 Å². The van der Waals surface area contributed by atoms with Crippen LogP contribution in [0.25, 0.3) is 0 Å². The molecule has 8 heavy (non-hydrogen) atoms. The topological polar surface area (TPSA) is 46.2 Å². The summed E-state index contributed by atoms with van der Waals surface area (Å²) in [6, 6.07) is 0. The van der Waals surface area contributed by atoms with Crippen LogP contribution in [0.2, 0.25) is 0 Å². The fourth-order valence-corrected chi connectivity index (χ4v) is 0.300. The minimum Gasteiger partial charge on any atom is -0.432 e. The largest absolute Gasteiger partial charge is 0.549 e. The highest BCUT2D eigenvalue weighted by Crippen LogP contribution is 1.87. The van der Waals surface area contributed by atoms with E-state index in [-0.39, 0.29) is 6.61 Å². The van der Waals surface area contributed by atoms with Crippen molar-refractivity contribution in [1.82, 2.24) is 0 Å². The molecule has 0 unspecified atom stereocenters. The molecule has 0 atom stereocenters. The summed E-state index contributed by atoms with van der Waals surface area (Å²) >= 11 is 0. The molecule has 0 amide bonds. The summed E-state index contributed by atoms with van der Waals surface area (Å²) in [5.74, 6) is 0. The van der Waals surface area contributed by atoms with Crippen LogP contribution < -0.4 is 0 Å². The first-order valence-corrected chi connectivity index (χ1v) is 2.61. The lowest BCUT2D eigenvalue weighted by atomic mass is 10.4. The molecule has 0 bridgehead atoms. The quantitative estimate of drug-likeness (QED) is 0.413. The van der Waals surface area contributed by atoms with Gasteiger partial charge < -0.3 is 4.74 Å². The van der Waals surface area contributed by atoms with Crippen molar-refractivity contribution in [3.8, 4) is 0 Å². The smallest absolute Gasteiger partial charge is 0.432 e. The van der Waals surface area contributed by atoms with E-state index in [4.69, 9.17) is 0 Å². The number of carbonyl (C=O) groups is 1. The molecule has 0 fully saturated rings. The highest BCUT2D eigenvalue weighted by Gasteiger charge is 1.95. The molecule has 0 aromatic carbocycles. The number of hydrogen-bond acceptors (Lipinski definition) is 2. The van der Waals surface area contributed by atoms with E-state index in [1.807, 2.05) is 6.92 Å². The maximum atomic E-state index is 9.54. The number of unbranched alkanes of at least 4 members (excludes halogenated alkanes) is 1. The second-order valence-electron chi connectivity index (χ2n) is 1.45. The average Bonchev–Trinajstić information content (AvgIpc) is 1.66. The SMILES string of the molecule is CCCCOC([O])=O. The van der Waals surface area contributed by atoms with Gasteiger partial charge in [0.1, 0.15) is 0 Å². The Morgan fingerprint density at radius 3 is 2.62 bits per heavy atom. The third-order valence-electron chi connectivity index (χ3n) is 0.718. The Labute approximate surface area is 48.3 Å². The van der Waals surface area contributed by atoms with E-state index in [2.05, 4.69) is 4.74 Å². The summed E-state index contributed by atoms with van der Waals surface area (Å²) in [7, 11) is 0. The molecule has 0 aromatic heterocycles. The molecule has 0 saturated carbocycles. The van der Waals surface area contributed by atoms with Crippen molar-refractivity contribution in [2.24, 2.45) is 0 Å². The molecule has 0 rings (SSSR count). The Morgan fingerprint density at radius 1 is 1.62 bits per heavy atom. The molecule has 0 heterocycles. The Bertz CT molecular complexity index is 70.1. The standard InChI is InChI=1S/C5H9O3/c1-2-3-4-8-5(6)7/h2-4H2,1H3. The van der Waals surface area contributed by atoms with Crippen LogP contribution in [0.1, 0.15) is 19.8 Å². The van der Waals surface area contributed by atoms with Gasteiger partial charge in [0.2, 0.25) is 0 Å². The van der Waals surface area contributed by atoms with E-state index in [0.717, 1.165) is 12.8 Å². The first-order valence-electron chi connectivity index (χ1n) is 2.61. The minimum absolute atomic E-state index is 0.263. The fraction of sp³-hybridized carbons (Fsp3) is 0.800. The lowest BCUT2D eigenvalue weighted by Gasteiger charge is -1.92. The molecule has 0 spiro atoms. The zero-order chi connectivity index (χ0) is 6.41. The average molecular weight is 117 g/mol. The second kappa shape index (κ2) is 4.43. The van der Waals surface area contributed by atoms with Gasteiger partial charge in [0.25, 0.3) is 0 Å². The van der Waals surface area contributed by atoms with Crippen molar-refractivity contribution in [3.63, 3.8) is 0 Å². The number of ether oxygens (including phenoxy) is 1. The maximum absolute atomic E-state index is 9.54. The van der Waals surface area contributed by atoms with Crippen LogP contribution in [0, 0.1) is 0 Å². The molecule has 0 N–H and O–H groups in total. The van der Waals surface area contributed by atoms with E-state index in [1.165, 1.54) is 0 Å². The first-order chi connectivity index (χ1) is 3.77. The molecule has 3 nitrogen and oxygen atoms in total. The van der Waals surface area contributed by atoms with Crippen LogP contribution in [-0.4, -0.2) is 12.8 Å². The molecule has 47 valence electrons. The summed E-state index contributed by atoms with van der Waals surface area (Å²) in [6.45, 7) is 2.22. The summed E-state index contributed by atoms with van der Waals surface area (Å²) in [5.41, 5.74) is 0. The van der Waals surface area contributed by atoms with Crippen molar-refractivity contribution in [2.45, 2.75) is 19.8 Å². The summed E-state index contributed by atoms with van der Waals surface area (Å²) < 4.78 is 4.09. The molecular formula is C5H9O3. The number of carbonyl (C=O) groups excluding carboxylic acids is 1. The monoisotopic (exact) mass is 117 g/mol. The van der Waals surface area contributed by atoms with Crippen molar-refractivity contribution in [3.05, 3.63) is 0 Å².